The topological polar surface area (TPSA) is 62.4 Å². The van der Waals surface area contributed by atoms with Crippen LogP contribution in [0.3, 0.4) is 0 Å². The number of nitrogens with one attached hydrogen (secondary N) is 2. The van der Waals surface area contributed by atoms with Crippen molar-refractivity contribution in [2.24, 2.45) is 10.8 Å². The average Bonchev–Trinajstić information content (AvgIpc) is 2.32. The first-order valence-corrected chi connectivity index (χ1v) is 6.16. The van der Waals surface area contributed by atoms with Crippen LogP contribution in [0.4, 0.5) is 5.69 Å². The molecule has 0 atom stereocenters. The van der Waals surface area contributed by atoms with Crippen LogP contribution in [0.15, 0.2) is 23.2 Å². The fourth-order valence-corrected chi connectivity index (χ4v) is 1.53. The molecule has 0 aliphatic carbocycles. The number of nitrogens with two attached hydrogens (primary N) is 1. The highest BCUT2D eigenvalue weighted by atomic mass is 35.5. The van der Waals surface area contributed by atoms with Crippen molar-refractivity contribution in [1.29, 1.82) is 0 Å². The van der Waals surface area contributed by atoms with Crippen molar-refractivity contribution in [3.05, 3.63) is 28.2 Å². The van der Waals surface area contributed by atoms with Crippen LogP contribution < -0.4 is 16.6 Å². The Kier molecular flexibility index (Phi) is 6.11. The maximum absolute atomic E-state index is 6.01. The van der Waals surface area contributed by atoms with E-state index in [-0.39, 0.29) is 0 Å². The highest BCUT2D eigenvalue weighted by molar-refractivity contribution is 6.35. The maximum atomic E-state index is 6.01. The standard InChI is InChI=1S/C11H16Cl2N4/c1-2-3-6-15-11(17-14)16-10-7-8(12)4-5-9(10)13/h4-5,7H,2-3,6,14H2,1H3,(H2,15,16,17). The summed E-state index contributed by atoms with van der Waals surface area (Å²) in [5.41, 5.74) is 3.17. The number of guanidine groups is 1. The molecule has 0 amide bonds. The molecule has 0 aliphatic heterocycles. The molecule has 4 nitrogen and oxygen atoms in total. The molecule has 0 spiro atoms. The highest BCUT2D eigenvalue weighted by Crippen LogP contribution is 2.25. The fourth-order valence-electron chi connectivity index (χ4n) is 1.19. The second-order valence-corrected chi connectivity index (χ2v) is 4.32. The number of hydrazine groups is 1. The Morgan fingerprint density at radius 1 is 1.41 bits per heavy atom. The summed E-state index contributed by atoms with van der Waals surface area (Å²) < 4.78 is 0. The third-order valence-electron chi connectivity index (χ3n) is 2.10. The lowest BCUT2D eigenvalue weighted by Crippen LogP contribution is -2.36. The zero-order valence-corrected chi connectivity index (χ0v) is 11.1. The lowest BCUT2D eigenvalue weighted by molar-refractivity contribution is 0.801. The highest BCUT2D eigenvalue weighted by Gasteiger charge is 2.03. The molecule has 6 heteroatoms. The Balaban J connectivity index is 2.73. The van der Waals surface area contributed by atoms with E-state index in [0.717, 1.165) is 12.8 Å². The molecule has 4 N–H and O–H groups in total. The van der Waals surface area contributed by atoms with Crippen LogP contribution in [0.5, 0.6) is 0 Å². The molecule has 0 aromatic heterocycles. The van der Waals surface area contributed by atoms with Crippen molar-refractivity contribution in [1.82, 2.24) is 5.43 Å². The lowest BCUT2D eigenvalue weighted by atomic mass is 10.3. The largest absolute Gasteiger partial charge is 0.324 e. The first kappa shape index (κ1) is 14.1. The molecule has 0 heterocycles. The molecule has 1 rings (SSSR count). The van der Waals surface area contributed by atoms with Crippen LogP contribution >= 0.6 is 23.2 Å². The zero-order valence-electron chi connectivity index (χ0n) is 9.63. The molecule has 0 saturated heterocycles. The molecule has 0 fully saturated rings. The molecule has 0 bridgehead atoms. The number of hydrogen-bond acceptors (Lipinski definition) is 2. The second-order valence-electron chi connectivity index (χ2n) is 3.48. The summed E-state index contributed by atoms with van der Waals surface area (Å²) in [6.45, 7) is 2.81. The van der Waals surface area contributed by atoms with Crippen molar-refractivity contribution in [2.45, 2.75) is 19.8 Å². The fraction of sp³-hybridized carbons (Fsp3) is 0.364. The lowest BCUT2D eigenvalue weighted by Gasteiger charge is -2.10. The molecule has 0 radical (unpaired) electrons. The zero-order chi connectivity index (χ0) is 12.7. The smallest absolute Gasteiger partial charge is 0.210 e. The summed E-state index contributed by atoms with van der Waals surface area (Å²) in [7, 11) is 0. The summed E-state index contributed by atoms with van der Waals surface area (Å²) in [4.78, 5) is 4.27. The van der Waals surface area contributed by atoms with E-state index in [4.69, 9.17) is 29.0 Å². The van der Waals surface area contributed by atoms with Gasteiger partial charge in [0.2, 0.25) is 5.96 Å². The van der Waals surface area contributed by atoms with E-state index in [1.165, 1.54) is 0 Å². The van der Waals surface area contributed by atoms with Gasteiger partial charge >= 0.3 is 0 Å². The van der Waals surface area contributed by atoms with E-state index in [9.17, 15) is 0 Å². The molecule has 1 aromatic carbocycles. The molecule has 94 valence electrons. The third kappa shape index (κ3) is 4.81. The van der Waals surface area contributed by atoms with Gasteiger partial charge in [-0.05, 0) is 24.6 Å². The summed E-state index contributed by atoms with van der Waals surface area (Å²) in [6.07, 6.45) is 2.09. The van der Waals surface area contributed by atoms with Crippen LogP contribution in [0.1, 0.15) is 19.8 Å². The van der Waals surface area contributed by atoms with Gasteiger partial charge in [-0.2, -0.15) is 0 Å². The van der Waals surface area contributed by atoms with E-state index >= 15 is 0 Å². The summed E-state index contributed by atoms with van der Waals surface area (Å²) >= 11 is 11.9. The van der Waals surface area contributed by atoms with Crippen LogP contribution in [0.2, 0.25) is 10.0 Å². The van der Waals surface area contributed by atoms with Gasteiger partial charge in [0.05, 0.1) is 10.7 Å². The average molecular weight is 275 g/mol. The minimum Gasteiger partial charge on any atom is -0.324 e. The molecule has 17 heavy (non-hydrogen) atoms. The number of hydrogen-bond donors (Lipinski definition) is 3. The first-order chi connectivity index (χ1) is 8.17. The Bertz CT molecular complexity index is 393. The second kappa shape index (κ2) is 7.37. The number of rotatable bonds is 4. The van der Waals surface area contributed by atoms with Gasteiger partial charge in [0.25, 0.3) is 0 Å². The molecule has 0 unspecified atom stereocenters. The summed E-state index contributed by atoms with van der Waals surface area (Å²) in [5, 5.41) is 4.16. The van der Waals surface area contributed by atoms with E-state index in [2.05, 4.69) is 22.7 Å². The van der Waals surface area contributed by atoms with Gasteiger partial charge in [-0.3, -0.25) is 10.4 Å². The van der Waals surface area contributed by atoms with Gasteiger partial charge in [-0.15, -0.1) is 0 Å². The Morgan fingerprint density at radius 2 is 2.18 bits per heavy atom. The third-order valence-corrected chi connectivity index (χ3v) is 2.66. The van der Waals surface area contributed by atoms with Crippen LogP contribution in [0, 0.1) is 0 Å². The minimum absolute atomic E-state index is 0.475. The molecule has 1 aromatic rings. The first-order valence-electron chi connectivity index (χ1n) is 5.40. The quantitative estimate of drug-likeness (QED) is 0.260. The van der Waals surface area contributed by atoms with Crippen molar-refractivity contribution in [2.75, 3.05) is 11.9 Å². The van der Waals surface area contributed by atoms with Gasteiger partial charge in [-0.25, -0.2) is 5.84 Å². The number of aliphatic imine (C=N–C) groups is 1. The van der Waals surface area contributed by atoms with Crippen molar-refractivity contribution in [3.8, 4) is 0 Å². The van der Waals surface area contributed by atoms with Gasteiger partial charge in [0.15, 0.2) is 0 Å². The monoisotopic (exact) mass is 274 g/mol. The maximum Gasteiger partial charge on any atom is 0.210 e. The molecular formula is C11H16Cl2N4. The normalized spacial score (nSPS) is 11.4. The van der Waals surface area contributed by atoms with Crippen LogP contribution in [-0.4, -0.2) is 12.5 Å². The van der Waals surface area contributed by atoms with Gasteiger partial charge in [0.1, 0.15) is 0 Å². The Hall–Kier alpha value is -0.970. The minimum atomic E-state index is 0.475. The number of anilines is 1. The van der Waals surface area contributed by atoms with E-state index in [1.807, 2.05) is 0 Å². The van der Waals surface area contributed by atoms with E-state index < -0.39 is 0 Å². The molecular weight excluding hydrogens is 259 g/mol. The number of benzene rings is 1. The number of unbranched alkanes of at least 4 members (excludes halogenated alkanes) is 1. The van der Waals surface area contributed by atoms with Crippen molar-refractivity contribution < 1.29 is 0 Å². The Morgan fingerprint density at radius 3 is 2.82 bits per heavy atom. The summed E-state index contributed by atoms with van der Waals surface area (Å²) in [6, 6.07) is 5.15. The molecule has 0 saturated carbocycles. The number of halogens is 2. The predicted octanol–water partition coefficient (Wildman–Crippen LogP) is 3.02. The van der Waals surface area contributed by atoms with Gasteiger partial charge < -0.3 is 5.32 Å². The van der Waals surface area contributed by atoms with Crippen molar-refractivity contribution >= 4 is 34.8 Å². The van der Waals surface area contributed by atoms with E-state index in [1.54, 1.807) is 18.2 Å². The summed E-state index contributed by atoms with van der Waals surface area (Å²) in [5.74, 6) is 5.85. The van der Waals surface area contributed by atoms with Gasteiger partial charge in [0, 0.05) is 11.6 Å². The van der Waals surface area contributed by atoms with Crippen LogP contribution in [-0.2, 0) is 0 Å². The van der Waals surface area contributed by atoms with Gasteiger partial charge in [-0.1, -0.05) is 36.5 Å². The number of nitrogens with zero attached hydrogens (tertiary/aromatic N) is 1. The van der Waals surface area contributed by atoms with E-state index in [0.29, 0.717) is 28.2 Å². The van der Waals surface area contributed by atoms with Crippen LogP contribution in [0.25, 0.3) is 0 Å². The Labute approximate surface area is 111 Å². The SMILES string of the molecule is CCCCN=C(NN)Nc1cc(Cl)ccc1Cl. The predicted molar refractivity (Wildman–Crippen MR) is 74.6 cm³/mol. The molecule has 0 aliphatic rings. The van der Waals surface area contributed by atoms with Crippen molar-refractivity contribution in [3.63, 3.8) is 0 Å².